The lowest BCUT2D eigenvalue weighted by molar-refractivity contribution is -0.0865. The molecule has 0 unspecified atom stereocenters. The maximum absolute atomic E-state index is 14.0. The standard InChI is InChI=1S/C19H18F2N2O2/c20-14-8-15(21)18(22-9-14)19(24)23-10-16(12-4-2-1-3-5-12)25-17(11-23)13-6-7-13/h1-5,8-9,13,16-17H,6-7,10-11H2/t16-,17+/m0/s1. The first kappa shape index (κ1) is 16.1. The first-order chi connectivity index (χ1) is 12.1. The molecule has 4 nitrogen and oxygen atoms in total. The van der Waals surface area contributed by atoms with Crippen molar-refractivity contribution >= 4 is 5.91 Å². The summed E-state index contributed by atoms with van der Waals surface area (Å²) in [5, 5.41) is 0. The van der Waals surface area contributed by atoms with Gasteiger partial charge in [0.1, 0.15) is 11.9 Å². The van der Waals surface area contributed by atoms with Crippen LogP contribution in [-0.4, -0.2) is 35.0 Å². The van der Waals surface area contributed by atoms with Crippen LogP contribution in [0.5, 0.6) is 0 Å². The smallest absolute Gasteiger partial charge is 0.275 e. The molecule has 0 bridgehead atoms. The normalized spacial score (nSPS) is 23.5. The molecule has 1 aliphatic carbocycles. The molecule has 1 aromatic carbocycles. The van der Waals surface area contributed by atoms with Crippen LogP contribution in [0.4, 0.5) is 8.78 Å². The molecule has 2 heterocycles. The van der Waals surface area contributed by atoms with Crippen molar-refractivity contribution in [2.75, 3.05) is 13.1 Å². The quantitative estimate of drug-likeness (QED) is 0.857. The summed E-state index contributed by atoms with van der Waals surface area (Å²) < 4.78 is 33.2. The zero-order valence-electron chi connectivity index (χ0n) is 13.6. The van der Waals surface area contributed by atoms with Gasteiger partial charge in [0.15, 0.2) is 11.5 Å². The molecule has 1 saturated heterocycles. The fraction of sp³-hybridized carbons (Fsp3) is 0.368. The molecule has 1 saturated carbocycles. The summed E-state index contributed by atoms with van der Waals surface area (Å²) in [5.41, 5.74) is 0.642. The van der Waals surface area contributed by atoms with E-state index in [0.717, 1.165) is 24.6 Å². The molecule has 2 aliphatic rings. The van der Waals surface area contributed by atoms with E-state index >= 15 is 0 Å². The van der Waals surface area contributed by atoms with E-state index in [4.69, 9.17) is 4.74 Å². The third kappa shape index (κ3) is 3.39. The summed E-state index contributed by atoms with van der Waals surface area (Å²) in [4.78, 5) is 18.0. The van der Waals surface area contributed by atoms with E-state index in [1.807, 2.05) is 30.3 Å². The number of halogens is 2. The van der Waals surface area contributed by atoms with Crippen molar-refractivity contribution in [2.45, 2.75) is 25.0 Å². The van der Waals surface area contributed by atoms with Gasteiger partial charge in [0.05, 0.1) is 18.8 Å². The molecule has 2 atom stereocenters. The fourth-order valence-electron chi connectivity index (χ4n) is 3.26. The van der Waals surface area contributed by atoms with Gasteiger partial charge in [0, 0.05) is 12.6 Å². The Balaban J connectivity index is 1.60. The maximum Gasteiger partial charge on any atom is 0.275 e. The van der Waals surface area contributed by atoms with Gasteiger partial charge < -0.3 is 9.64 Å². The second-order valence-corrected chi connectivity index (χ2v) is 6.61. The van der Waals surface area contributed by atoms with Crippen LogP contribution in [0.1, 0.15) is 35.0 Å². The number of carbonyl (C=O) groups excluding carboxylic acids is 1. The van der Waals surface area contributed by atoms with E-state index in [-0.39, 0.29) is 17.9 Å². The number of benzene rings is 1. The Hall–Kier alpha value is -2.34. The van der Waals surface area contributed by atoms with Gasteiger partial charge in [-0.3, -0.25) is 4.79 Å². The monoisotopic (exact) mass is 344 g/mol. The SMILES string of the molecule is O=C(c1ncc(F)cc1F)N1C[C@@H](c2ccccc2)O[C@@H](C2CC2)C1. The van der Waals surface area contributed by atoms with Gasteiger partial charge in [-0.05, 0) is 24.3 Å². The molecule has 4 rings (SSSR count). The molecule has 130 valence electrons. The van der Waals surface area contributed by atoms with E-state index in [2.05, 4.69) is 4.98 Å². The van der Waals surface area contributed by atoms with E-state index in [0.29, 0.717) is 25.1 Å². The highest BCUT2D eigenvalue weighted by Gasteiger charge is 2.40. The Labute approximate surface area is 144 Å². The molecule has 0 spiro atoms. The van der Waals surface area contributed by atoms with Gasteiger partial charge in [-0.15, -0.1) is 0 Å². The third-order valence-electron chi connectivity index (χ3n) is 4.74. The van der Waals surface area contributed by atoms with Gasteiger partial charge in [-0.25, -0.2) is 13.8 Å². The Morgan fingerprint density at radius 1 is 1.16 bits per heavy atom. The molecule has 1 amide bonds. The Kier molecular flexibility index (Phi) is 4.21. The Morgan fingerprint density at radius 2 is 1.92 bits per heavy atom. The van der Waals surface area contributed by atoms with Crippen LogP contribution in [0.15, 0.2) is 42.6 Å². The second-order valence-electron chi connectivity index (χ2n) is 6.61. The van der Waals surface area contributed by atoms with Crippen molar-refractivity contribution in [3.8, 4) is 0 Å². The average molecular weight is 344 g/mol. The summed E-state index contributed by atoms with van der Waals surface area (Å²) in [6, 6.07) is 10.4. The number of carbonyl (C=O) groups is 1. The number of hydrogen-bond acceptors (Lipinski definition) is 3. The Bertz CT molecular complexity index is 780. The predicted molar refractivity (Wildman–Crippen MR) is 86.8 cm³/mol. The first-order valence-electron chi connectivity index (χ1n) is 8.42. The summed E-state index contributed by atoms with van der Waals surface area (Å²) in [6.45, 7) is 0.732. The van der Waals surface area contributed by atoms with Crippen molar-refractivity contribution in [2.24, 2.45) is 5.92 Å². The molecular weight excluding hydrogens is 326 g/mol. The molecule has 2 aromatic rings. The van der Waals surface area contributed by atoms with Crippen molar-refractivity contribution in [3.05, 3.63) is 65.5 Å². The number of pyridine rings is 1. The lowest BCUT2D eigenvalue weighted by atomic mass is 10.0. The lowest BCUT2D eigenvalue weighted by Crippen LogP contribution is -2.48. The van der Waals surface area contributed by atoms with Gasteiger partial charge in [0.2, 0.25) is 0 Å². The van der Waals surface area contributed by atoms with E-state index in [1.165, 1.54) is 0 Å². The number of hydrogen-bond donors (Lipinski definition) is 0. The highest BCUT2D eigenvalue weighted by atomic mass is 19.1. The summed E-state index contributed by atoms with van der Waals surface area (Å²) in [6.07, 6.45) is 2.71. The van der Waals surface area contributed by atoms with Gasteiger partial charge in [0.25, 0.3) is 5.91 Å². The second kappa shape index (κ2) is 6.52. The van der Waals surface area contributed by atoms with Crippen LogP contribution in [0.2, 0.25) is 0 Å². The summed E-state index contributed by atoms with van der Waals surface area (Å²) in [5.74, 6) is -1.81. The summed E-state index contributed by atoms with van der Waals surface area (Å²) in [7, 11) is 0. The minimum Gasteiger partial charge on any atom is -0.366 e. The molecule has 25 heavy (non-hydrogen) atoms. The first-order valence-corrected chi connectivity index (χ1v) is 8.42. The minimum atomic E-state index is -0.935. The zero-order chi connectivity index (χ0) is 17.4. The van der Waals surface area contributed by atoms with Crippen molar-refractivity contribution in [1.29, 1.82) is 0 Å². The number of ether oxygens (including phenoxy) is 1. The van der Waals surface area contributed by atoms with Crippen LogP contribution in [0.25, 0.3) is 0 Å². The fourth-order valence-corrected chi connectivity index (χ4v) is 3.26. The van der Waals surface area contributed by atoms with E-state index in [1.54, 1.807) is 4.90 Å². The number of amides is 1. The zero-order valence-corrected chi connectivity index (χ0v) is 13.6. The maximum atomic E-state index is 14.0. The molecule has 1 aliphatic heterocycles. The number of aromatic nitrogens is 1. The number of rotatable bonds is 3. The molecule has 2 fully saturated rings. The molecular formula is C19H18F2N2O2. The van der Waals surface area contributed by atoms with Crippen molar-refractivity contribution < 1.29 is 18.3 Å². The average Bonchev–Trinajstić information content (AvgIpc) is 3.47. The Morgan fingerprint density at radius 3 is 2.60 bits per heavy atom. The van der Waals surface area contributed by atoms with Gasteiger partial charge in [-0.2, -0.15) is 0 Å². The number of nitrogens with zero attached hydrogens (tertiary/aromatic N) is 2. The largest absolute Gasteiger partial charge is 0.366 e. The highest BCUT2D eigenvalue weighted by Crippen LogP contribution is 2.39. The van der Waals surface area contributed by atoms with Crippen LogP contribution >= 0.6 is 0 Å². The van der Waals surface area contributed by atoms with E-state index < -0.39 is 17.5 Å². The van der Waals surface area contributed by atoms with Crippen molar-refractivity contribution in [3.63, 3.8) is 0 Å². The predicted octanol–water partition coefficient (Wildman–Crippen LogP) is 3.35. The minimum absolute atomic E-state index is 0.0635. The molecule has 0 radical (unpaired) electrons. The number of morpholine rings is 1. The van der Waals surface area contributed by atoms with Crippen LogP contribution < -0.4 is 0 Å². The van der Waals surface area contributed by atoms with E-state index in [9.17, 15) is 13.6 Å². The van der Waals surface area contributed by atoms with Gasteiger partial charge >= 0.3 is 0 Å². The highest BCUT2D eigenvalue weighted by molar-refractivity contribution is 5.92. The lowest BCUT2D eigenvalue weighted by Gasteiger charge is -2.38. The molecule has 1 aromatic heterocycles. The van der Waals surface area contributed by atoms with Crippen LogP contribution in [0, 0.1) is 17.6 Å². The van der Waals surface area contributed by atoms with Crippen molar-refractivity contribution in [1.82, 2.24) is 9.88 Å². The summed E-state index contributed by atoms with van der Waals surface area (Å²) >= 11 is 0. The third-order valence-corrected chi connectivity index (χ3v) is 4.74. The topological polar surface area (TPSA) is 42.4 Å². The van der Waals surface area contributed by atoms with Crippen LogP contribution in [0.3, 0.4) is 0 Å². The molecule has 6 heteroatoms. The van der Waals surface area contributed by atoms with Gasteiger partial charge in [-0.1, -0.05) is 30.3 Å². The molecule has 0 N–H and O–H groups in total. The van der Waals surface area contributed by atoms with Crippen LogP contribution in [-0.2, 0) is 4.74 Å².